The second kappa shape index (κ2) is 76.8. The topological polar surface area (TPSA) is 237 Å². The number of ether oxygens (including phenoxy) is 4. The molecule has 2 unspecified atom stereocenters. The van der Waals surface area contributed by atoms with Crippen molar-refractivity contribution in [3.8, 4) is 0 Å². The van der Waals surface area contributed by atoms with Crippen LogP contribution in [0, 0.1) is 5.92 Å². The number of hydrogen-bond acceptors (Lipinski definition) is 15. The van der Waals surface area contributed by atoms with E-state index >= 15 is 0 Å². The van der Waals surface area contributed by atoms with Gasteiger partial charge in [-0.3, -0.25) is 37.3 Å². The van der Waals surface area contributed by atoms with Gasteiger partial charge in [-0.05, 0) is 31.6 Å². The van der Waals surface area contributed by atoms with Crippen LogP contribution in [-0.2, 0) is 65.4 Å². The average molecular weight is 1510 g/mol. The minimum atomic E-state index is -4.96. The van der Waals surface area contributed by atoms with E-state index in [0.717, 1.165) is 95.8 Å². The van der Waals surface area contributed by atoms with E-state index in [2.05, 4.69) is 34.6 Å². The van der Waals surface area contributed by atoms with Crippen molar-refractivity contribution in [2.24, 2.45) is 5.92 Å². The van der Waals surface area contributed by atoms with Gasteiger partial charge in [0.05, 0.1) is 26.4 Å². The Morgan fingerprint density at radius 1 is 0.262 bits per heavy atom. The van der Waals surface area contributed by atoms with Crippen LogP contribution in [0.25, 0.3) is 0 Å². The number of aliphatic hydroxyl groups is 1. The lowest BCUT2D eigenvalue weighted by atomic mass is 10.0. The van der Waals surface area contributed by atoms with Gasteiger partial charge in [0.2, 0.25) is 0 Å². The third kappa shape index (κ3) is 78.0. The smallest absolute Gasteiger partial charge is 0.462 e. The molecule has 0 saturated heterocycles. The number of phosphoric acid groups is 2. The fourth-order valence-electron chi connectivity index (χ4n) is 13.1. The van der Waals surface area contributed by atoms with Crippen LogP contribution in [0.15, 0.2) is 0 Å². The summed E-state index contributed by atoms with van der Waals surface area (Å²) in [5.41, 5.74) is 0. The lowest BCUT2D eigenvalue weighted by molar-refractivity contribution is -0.161. The molecule has 0 bridgehead atoms. The van der Waals surface area contributed by atoms with E-state index in [4.69, 9.17) is 37.0 Å². The molecule has 0 aromatic heterocycles. The molecule has 0 fully saturated rings. The SMILES string of the molecule is CCCCCCCCCCCCCCCCCCCCCCCCC(=O)O[C@H](COC(=O)CCCCCCCCCCCCCCCCCCCCC)COP(=O)(O)OC[C@@H](O)COP(=O)(O)OC[C@@H](COC(=O)CCCCCCCCCCC)OC(=O)CCCCCCCCCCCCC(C)C. The molecule has 0 aromatic rings. The number of rotatable bonds is 84. The summed E-state index contributed by atoms with van der Waals surface area (Å²) in [5.74, 6) is -1.35. The van der Waals surface area contributed by atoms with Crippen molar-refractivity contribution < 1.29 is 80.2 Å². The Bertz CT molecular complexity index is 1960. The maximum absolute atomic E-state index is 13.1. The molecule has 17 nitrogen and oxygen atoms in total. The number of hydrogen-bond donors (Lipinski definition) is 3. The van der Waals surface area contributed by atoms with Gasteiger partial charge in [0, 0.05) is 25.7 Å². The number of carbonyl (C=O) groups is 4. The zero-order chi connectivity index (χ0) is 75.5. The third-order valence-corrected chi connectivity index (χ3v) is 21.7. The normalized spacial score (nSPS) is 13.8. The molecule has 3 N–H and O–H groups in total. The summed E-state index contributed by atoms with van der Waals surface area (Å²) in [4.78, 5) is 73.0. The first-order valence-corrected chi connectivity index (χ1v) is 46.6. The van der Waals surface area contributed by atoms with Gasteiger partial charge in [0.15, 0.2) is 12.2 Å². The maximum Gasteiger partial charge on any atom is 0.472 e. The third-order valence-electron chi connectivity index (χ3n) is 19.8. The van der Waals surface area contributed by atoms with E-state index in [1.54, 1.807) is 0 Å². The van der Waals surface area contributed by atoms with E-state index in [1.165, 1.54) is 276 Å². The Hall–Kier alpha value is -1.94. The number of unbranched alkanes of at least 4 members (excludes halogenated alkanes) is 56. The second-order valence-electron chi connectivity index (χ2n) is 30.7. The molecule has 103 heavy (non-hydrogen) atoms. The van der Waals surface area contributed by atoms with Crippen molar-refractivity contribution in [3.63, 3.8) is 0 Å². The van der Waals surface area contributed by atoms with Gasteiger partial charge in [0.25, 0.3) is 0 Å². The Kier molecular flexibility index (Phi) is 75.4. The highest BCUT2D eigenvalue weighted by atomic mass is 31.2. The molecule has 0 heterocycles. The standard InChI is InChI=1S/C84H164O17P2/c1-6-9-12-15-18-21-23-25-27-29-31-32-33-35-37-39-41-43-49-54-59-64-69-83(88)100-80(74-95-82(87)68-63-58-53-48-42-40-38-36-34-30-28-26-24-22-19-16-13-10-7-2)76-99-103(92,93)97-72-78(85)71-96-102(90,91)98-75-79(73-94-81(86)67-62-57-52-46-20-17-14-11-8-3)101-84(89)70-65-60-55-50-45-44-47-51-56-61-66-77(4)5/h77-80,85H,6-76H2,1-5H3,(H,90,91)(H,92,93)/t78-,79+,80+/m0/s1. The zero-order valence-corrected chi connectivity index (χ0v) is 69.3. The molecule has 0 amide bonds. The lowest BCUT2D eigenvalue weighted by Gasteiger charge is -2.21. The van der Waals surface area contributed by atoms with E-state index in [-0.39, 0.29) is 25.7 Å². The molecular weight excluding hydrogens is 1340 g/mol. The molecule has 0 aliphatic rings. The molecule has 0 aromatic carbocycles. The van der Waals surface area contributed by atoms with Crippen LogP contribution >= 0.6 is 15.6 Å². The fourth-order valence-corrected chi connectivity index (χ4v) is 14.7. The Balaban J connectivity index is 5.19. The van der Waals surface area contributed by atoms with Gasteiger partial charge in [-0.15, -0.1) is 0 Å². The molecule has 0 aliphatic heterocycles. The maximum atomic E-state index is 13.1. The minimum Gasteiger partial charge on any atom is -0.462 e. The number of aliphatic hydroxyl groups excluding tert-OH is 1. The largest absolute Gasteiger partial charge is 0.472 e. The lowest BCUT2D eigenvalue weighted by Crippen LogP contribution is -2.30. The van der Waals surface area contributed by atoms with Crippen LogP contribution in [0.3, 0.4) is 0 Å². The number of carbonyl (C=O) groups excluding carboxylic acids is 4. The molecule has 0 saturated carbocycles. The zero-order valence-electron chi connectivity index (χ0n) is 67.5. The molecule has 19 heteroatoms. The first-order chi connectivity index (χ1) is 50.0. The summed E-state index contributed by atoms with van der Waals surface area (Å²) in [7, 11) is -9.92. The highest BCUT2D eigenvalue weighted by molar-refractivity contribution is 7.47. The van der Waals surface area contributed by atoms with E-state index < -0.39 is 97.5 Å². The summed E-state index contributed by atoms with van der Waals surface area (Å²) in [5, 5.41) is 10.6. The van der Waals surface area contributed by atoms with Crippen molar-refractivity contribution in [2.45, 2.75) is 470 Å². The Morgan fingerprint density at radius 2 is 0.447 bits per heavy atom. The second-order valence-corrected chi connectivity index (χ2v) is 33.6. The van der Waals surface area contributed by atoms with Gasteiger partial charge in [-0.1, -0.05) is 401 Å². The van der Waals surface area contributed by atoms with Crippen LogP contribution in [0.2, 0.25) is 0 Å². The quantitative estimate of drug-likeness (QED) is 0.0222. The van der Waals surface area contributed by atoms with Crippen molar-refractivity contribution in [3.05, 3.63) is 0 Å². The first kappa shape index (κ1) is 101. The summed E-state index contributed by atoms with van der Waals surface area (Å²) < 4.78 is 68.7. The van der Waals surface area contributed by atoms with Crippen molar-refractivity contribution in [2.75, 3.05) is 39.6 Å². The van der Waals surface area contributed by atoms with Crippen LogP contribution in [-0.4, -0.2) is 96.7 Å². The first-order valence-electron chi connectivity index (χ1n) is 43.6. The van der Waals surface area contributed by atoms with Gasteiger partial charge < -0.3 is 33.8 Å². The molecule has 612 valence electrons. The predicted octanol–water partition coefficient (Wildman–Crippen LogP) is 25.6. The van der Waals surface area contributed by atoms with E-state index in [1.807, 2.05) is 0 Å². The molecule has 0 rings (SSSR count). The number of esters is 4. The van der Waals surface area contributed by atoms with E-state index in [0.29, 0.717) is 25.7 Å². The summed E-state index contributed by atoms with van der Waals surface area (Å²) in [6, 6.07) is 0. The predicted molar refractivity (Wildman–Crippen MR) is 423 cm³/mol. The molecular formula is C84H164O17P2. The van der Waals surface area contributed by atoms with Gasteiger partial charge in [0.1, 0.15) is 19.3 Å². The molecule has 5 atom stereocenters. The Labute approximate surface area is 632 Å². The van der Waals surface area contributed by atoms with Crippen molar-refractivity contribution >= 4 is 39.5 Å². The molecule has 0 radical (unpaired) electrons. The molecule has 0 aliphatic carbocycles. The highest BCUT2D eigenvalue weighted by Crippen LogP contribution is 2.45. The van der Waals surface area contributed by atoms with Crippen LogP contribution in [0.1, 0.15) is 452 Å². The van der Waals surface area contributed by atoms with E-state index in [9.17, 15) is 43.2 Å². The minimum absolute atomic E-state index is 0.106. The van der Waals surface area contributed by atoms with Gasteiger partial charge in [-0.2, -0.15) is 0 Å². The summed E-state index contributed by atoms with van der Waals surface area (Å²) >= 11 is 0. The van der Waals surface area contributed by atoms with Crippen LogP contribution in [0.5, 0.6) is 0 Å². The van der Waals surface area contributed by atoms with Crippen molar-refractivity contribution in [1.82, 2.24) is 0 Å². The highest BCUT2D eigenvalue weighted by Gasteiger charge is 2.30. The number of phosphoric ester groups is 2. The molecule has 0 spiro atoms. The van der Waals surface area contributed by atoms with Gasteiger partial charge >= 0.3 is 39.5 Å². The average Bonchev–Trinajstić information content (AvgIpc) is 0.915. The van der Waals surface area contributed by atoms with Gasteiger partial charge in [-0.25, -0.2) is 9.13 Å². The fraction of sp³-hybridized carbons (Fsp3) is 0.952. The Morgan fingerprint density at radius 3 is 0.660 bits per heavy atom. The summed E-state index contributed by atoms with van der Waals surface area (Å²) in [6.07, 6.45) is 69.6. The monoisotopic (exact) mass is 1510 g/mol. The van der Waals surface area contributed by atoms with Crippen molar-refractivity contribution in [1.29, 1.82) is 0 Å². The van der Waals surface area contributed by atoms with Crippen LogP contribution in [0.4, 0.5) is 0 Å². The summed E-state index contributed by atoms with van der Waals surface area (Å²) in [6.45, 7) is 7.31. The van der Waals surface area contributed by atoms with Crippen LogP contribution < -0.4 is 0 Å².